The second kappa shape index (κ2) is 9.98. The molecule has 0 radical (unpaired) electrons. The normalized spacial score (nSPS) is 30.2. The van der Waals surface area contributed by atoms with Gasteiger partial charge in [-0.3, -0.25) is 15.5 Å². The molecule has 1 aromatic heterocycles. The lowest BCUT2D eigenvalue weighted by Gasteiger charge is -2.35. The van der Waals surface area contributed by atoms with Gasteiger partial charge in [-0.25, -0.2) is 14.8 Å². The zero-order valence-electron chi connectivity index (χ0n) is 21.7. The number of hydrazine groups is 1. The van der Waals surface area contributed by atoms with E-state index in [-0.39, 0.29) is 35.7 Å². The van der Waals surface area contributed by atoms with E-state index in [0.717, 1.165) is 80.2 Å². The van der Waals surface area contributed by atoms with Crippen LogP contribution in [0, 0.1) is 11.7 Å². The fourth-order valence-electron chi connectivity index (χ4n) is 6.77. The molecular weight excluding hydrogens is 473 g/mol. The lowest BCUT2D eigenvalue weighted by atomic mass is 9.73. The standard InChI is InChI=1S/C27H38FN7O2/c1-3-15-11-24(36)19(28)12-18(15)16-4-5-17-20(10-16)32-33-25(17)26-30-21-13-22(29-14-23(21)31-26)27(37)35-8-6-34(2)7-9-35/h11-12,16-17,20,22,25,29,32-33,36H,3-10,13-14H2,1-2H3,(H,30,31). The van der Waals surface area contributed by atoms with Gasteiger partial charge < -0.3 is 19.9 Å². The van der Waals surface area contributed by atoms with Gasteiger partial charge in [-0.05, 0) is 67.8 Å². The molecule has 3 fully saturated rings. The fraction of sp³-hybridized carbons (Fsp3) is 0.630. The highest BCUT2D eigenvalue weighted by molar-refractivity contribution is 5.82. The Morgan fingerprint density at radius 2 is 2.00 bits per heavy atom. The van der Waals surface area contributed by atoms with Crippen LogP contribution in [-0.4, -0.2) is 76.1 Å². The van der Waals surface area contributed by atoms with E-state index in [1.165, 1.54) is 6.07 Å². The number of likely N-dealkylation sites (N-methyl/N-ethyl adjacent to an activating group) is 1. The summed E-state index contributed by atoms with van der Waals surface area (Å²) < 4.78 is 14.2. The first-order valence-electron chi connectivity index (χ1n) is 13.7. The number of hydrogen-bond acceptors (Lipinski definition) is 7. The number of piperazine rings is 1. The van der Waals surface area contributed by atoms with Crippen molar-refractivity contribution in [2.75, 3.05) is 33.2 Å². The predicted octanol–water partition coefficient (Wildman–Crippen LogP) is 1.71. The van der Waals surface area contributed by atoms with Gasteiger partial charge in [-0.2, -0.15) is 0 Å². The van der Waals surface area contributed by atoms with Crippen molar-refractivity contribution in [3.63, 3.8) is 0 Å². The van der Waals surface area contributed by atoms with Crippen LogP contribution in [0.1, 0.15) is 66.5 Å². The van der Waals surface area contributed by atoms with Crippen LogP contribution in [0.4, 0.5) is 4.39 Å². The molecule has 3 aliphatic heterocycles. The molecule has 1 aliphatic carbocycles. The number of rotatable bonds is 4. The highest BCUT2D eigenvalue weighted by Crippen LogP contribution is 2.44. The Bertz CT molecular complexity index is 1160. The number of amides is 1. The molecule has 6 rings (SSSR count). The Kier molecular flexibility index (Phi) is 6.68. The van der Waals surface area contributed by atoms with Gasteiger partial charge in [-0.15, -0.1) is 0 Å². The maximum Gasteiger partial charge on any atom is 0.240 e. The molecule has 4 aliphatic rings. The van der Waals surface area contributed by atoms with Crippen LogP contribution in [0.15, 0.2) is 12.1 Å². The number of carbonyl (C=O) groups is 1. The number of H-pyrrole nitrogens is 1. The van der Waals surface area contributed by atoms with Crippen LogP contribution in [0.2, 0.25) is 0 Å². The summed E-state index contributed by atoms with van der Waals surface area (Å²) in [6.07, 6.45) is 4.27. The number of aryl methyl sites for hydroxylation is 1. The third kappa shape index (κ3) is 4.65. The predicted molar refractivity (Wildman–Crippen MR) is 137 cm³/mol. The Labute approximate surface area is 217 Å². The van der Waals surface area contributed by atoms with Crippen molar-refractivity contribution >= 4 is 5.91 Å². The first kappa shape index (κ1) is 24.8. The van der Waals surface area contributed by atoms with E-state index >= 15 is 0 Å². The van der Waals surface area contributed by atoms with Gasteiger partial charge in [0, 0.05) is 45.2 Å². The Morgan fingerprint density at radius 1 is 1.19 bits per heavy atom. The van der Waals surface area contributed by atoms with Crippen molar-refractivity contribution < 1.29 is 14.3 Å². The van der Waals surface area contributed by atoms with Gasteiger partial charge in [0.25, 0.3) is 0 Å². The molecule has 2 saturated heterocycles. The van der Waals surface area contributed by atoms with Gasteiger partial charge in [0.2, 0.25) is 5.91 Å². The number of halogens is 1. The van der Waals surface area contributed by atoms with Crippen molar-refractivity contribution in [2.45, 2.75) is 69.6 Å². The number of carbonyl (C=O) groups excluding carboxylic acids is 1. The minimum atomic E-state index is -0.538. The molecule has 10 heteroatoms. The molecular formula is C27H38FN7O2. The number of fused-ring (bicyclic) bond motifs is 2. The lowest BCUT2D eigenvalue weighted by molar-refractivity contribution is -0.135. The van der Waals surface area contributed by atoms with Gasteiger partial charge in [0.05, 0.1) is 23.5 Å². The van der Waals surface area contributed by atoms with Gasteiger partial charge in [-0.1, -0.05) is 6.92 Å². The molecule has 1 saturated carbocycles. The number of phenols is 1. The maximum atomic E-state index is 14.2. The molecule has 5 unspecified atom stereocenters. The third-order valence-electron chi connectivity index (χ3n) is 9.00. The minimum Gasteiger partial charge on any atom is -0.505 e. The van der Waals surface area contributed by atoms with Crippen molar-refractivity contribution in [1.82, 2.24) is 35.9 Å². The number of aromatic amines is 1. The second-order valence-corrected chi connectivity index (χ2v) is 11.2. The van der Waals surface area contributed by atoms with Crippen LogP contribution in [0.3, 0.4) is 0 Å². The molecule has 4 heterocycles. The van der Waals surface area contributed by atoms with Crippen molar-refractivity contribution in [3.8, 4) is 5.75 Å². The number of aromatic hydroxyl groups is 1. The van der Waals surface area contributed by atoms with Crippen LogP contribution in [-0.2, 0) is 24.2 Å². The van der Waals surface area contributed by atoms with Crippen molar-refractivity contribution in [2.24, 2.45) is 5.92 Å². The Hall–Kier alpha value is -2.53. The van der Waals surface area contributed by atoms with E-state index in [9.17, 15) is 14.3 Å². The summed E-state index contributed by atoms with van der Waals surface area (Å²) in [4.78, 5) is 25.9. The largest absolute Gasteiger partial charge is 0.505 e. The first-order valence-corrected chi connectivity index (χ1v) is 13.7. The molecule has 0 bridgehead atoms. The molecule has 9 nitrogen and oxygen atoms in total. The molecule has 200 valence electrons. The smallest absolute Gasteiger partial charge is 0.240 e. The second-order valence-electron chi connectivity index (χ2n) is 11.2. The molecule has 5 atom stereocenters. The summed E-state index contributed by atoms with van der Waals surface area (Å²) in [6.45, 7) is 6.07. The van der Waals surface area contributed by atoms with Gasteiger partial charge in [0.15, 0.2) is 11.6 Å². The van der Waals surface area contributed by atoms with E-state index in [2.05, 4.69) is 33.1 Å². The fourth-order valence-corrected chi connectivity index (χ4v) is 6.77. The zero-order valence-corrected chi connectivity index (χ0v) is 21.7. The van der Waals surface area contributed by atoms with E-state index in [1.807, 2.05) is 11.8 Å². The van der Waals surface area contributed by atoms with Crippen LogP contribution in [0.5, 0.6) is 5.75 Å². The molecule has 1 amide bonds. The number of nitrogens with zero attached hydrogens (tertiary/aromatic N) is 3. The molecule has 1 aromatic carbocycles. The zero-order chi connectivity index (χ0) is 25.7. The number of aromatic nitrogens is 2. The summed E-state index contributed by atoms with van der Waals surface area (Å²) in [6, 6.07) is 3.24. The average Bonchev–Trinajstić information content (AvgIpc) is 3.53. The number of benzene rings is 1. The van der Waals surface area contributed by atoms with E-state index in [0.29, 0.717) is 18.9 Å². The summed E-state index contributed by atoms with van der Waals surface area (Å²) in [7, 11) is 2.09. The van der Waals surface area contributed by atoms with Crippen LogP contribution < -0.4 is 16.2 Å². The Balaban J connectivity index is 1.12. The number of nitrogens with one attached hydrogen (secondary N) is 4. The van der Waals surface area contributed by atoms with E-state index in [4.69, 9.17) is 4.98 Å². The van der Waals surface area contributed by atoms with Crippen LogP contribution >= 0.6 is 0 Å². The average molecular weight is 512 g/mol. The van der Waals surface area contributed by atoms with E-state index < -0.39 is 5.82 Å². The van der Waals surface area contributed by atoms with Gasteiger partial charge in [0.1, 0.15) is 5.82 Å². The highest BCUT2D eigenvalue weighted by atomic mass is 19.1. The number of imidazole rings is 1. The lowest BCUT2D eigenvalue weighted by Crippen LogP contribution is -2.54. The first-order chi connectivity index (χ1) is 17.9. The summed E-state index contributed by atoms with van der Waals surface area (Å²) in [5.41, 5.74) is 11.1. The molecule has 5 N–H and O–H groups in total. The van der Waals surface area contributed by atoms with E-state index in [1.54, 1.807) is 6.07 Å². The number of phenolic OH excluding ortho intramolecular Hbond substituents is 1. The Morgan fingerprint density at radius 3 is 2.78 bits per heavy atom. The van der Waals surface area contributed by atoms with Gasteiger partial charge >= 0.3 is 0 Å². The third-order valence-corrected chi connectivity index (χ3v) is 9.00. The van der Waals surface area contributed by atoms with Crippen molar-refractivity contribution in [1.29, 1.82) is 0 Å². The molecule has 37 heavy (non-hydrogen) atoms. The monoisotopic (exact) mass is 511 g/mol. The maximum absolute atomic E-state index is 14.2. The SMILES string of the molecule is CCc1cc(O)c(F)cc1C1CCC2C(C1)NNC2c1nc2c([nH]1)CNC(C(=O)N1CCN(C)CC1)C2. The summed E-state index contributed by atoms with van der Waals surface area (Å²) in [5.74, 6) is 0.950. The summed E-state index contributed by atoms with van der Waals surface area (Å²) in [5, 5.41) is 13.2. The molecule has 0 spiro atoms. The van der Waals surface area contributed by atoms with Crippen molar-refractivity contribution in [3.05, 3.63) is 46.3 Å². The highest BCUT2D eigenvalue weighted by Gasteiger charge is 2.43. The molecule has 2 aromatic rings. The topological polar surface area (TPSA) is 109 Å². The summed E-state index contributed by atoms with van der Waals surface area (Å²) >= 11 is 0. The quantitative estimate of drug-likeness (QED) is 0.425. The minimum absolute atomic E-state index is 0.0746. The number of hydrogen-bond donors (Lipinski definition) is 5. The van der Waals surface area contributed by atoms with Crippen LogP contribution in [0.25, 0.3) is 0 Å².